The van der Waals surface area contributed by atoms with Gasteiger partial charge in [-0.3, -0.25) is 14.4 Å². The van der Waals surface area contributed by atoms with Crippen LogP contribution >= 0.6 is 11.8 Å². The topological polar surface area (TPSA) is 97.0 Å². The lowest BCUT2D eigenvalue weighted by atomic mass is 10.2. The van der Waals surface area contributed by atoms with Crippen molar-refractivity contribution in [3.8, 4) is 11.5 Å². The first-order chi connectivity index (χ1) is 13.8. The number of likely N-dealkylation sites (N-methyl/N-ethyl adjacent to an activating group) is 1. The monoisotopic (exact) mass is 417 g/mol. The fraction of sp³-hybridized carbons (Fsp3) is 0.250. The van der Waals surface area contributed by atoms with Gasteiger partial charge < -0.3 is 25.0 Å². The van der Waals surface area contributed by atoms with Gasteiger partial charge in [-0.25, -0.2) is 0 Å². The number of hydrogen-bond donors (Lipinski definition) is 2. The number of carbonyl (C=O) groups is 3. The molecular formula is C20H23N3O5S. The normalized spacial score (nSPS) is 10.1. The largest absolute Gasteiger partial charge is 0.493 e. The first-order valence-corrected chi connectivity index (χ1v) is 9.47. The molecule has 0 atom stereocenters. The van der Waals surface area contributed by atoms with E-state index in [4.69, 9.17) is 9.47 Å². The molecule has 2 N–H and O–H groups in total. The van der Waals surface area contributed by atoms with Crippen molar-refractivity contribution in [2.75, 3.05) is 40.2 Å². The van der Waals surface area contributed by atoms with Crippen molar-refractivity contribution in [3.05, 3.63) is 48.0 Å². The Morgan fingerprint density at radius 2 is 1.72 bits per heavy atom. The zero-order chi connectivity index (χ0) is 21.4. The van der Waals surface area contributed by atoms with Gasteiger partial charge in [0.25, 0.3) is 17.1 Å². The Hall–Kier alpha value is -3.20. The summed E-state index contributed by atoms with van der Waals surface area (Å²) in [5.41, 5.74) is 0.964. The van der Waals surface area contributed by atoms with Crippen LogP contribution in [0.3, 0.4) is 0 Å². The van der Waals surface area contributed by atoms with Crippen LogP contribution in [-0.2, 0) is 4.79 Å². The van der Waals surface area contributed by atoms with Crippen molar-refractivity contribution in [2.24, 2.45) is 0 Å². The third-order valence-electron chi connectivity index (χ3n) is 3.75. The zero-order valence-electron chi connectivity index (χ0n) is 16.6. The number of carbonyl (C=O) groups excluding carboxylic acids is 3. The van der Waals surface area contributed by atoms with E-state index in [9.17, 15) is 14.4 Å². The molecule has 8 nitrogen and oxygen atoms in total. The SMILES string of the molecule is CNC(=O)COc1ccc(C(=O)Nc2ccc(SC(=O)N(C)C)cc2)cc1OC. The third-order valence-corrected chi connectivity index (χ3v) is 4.79. The predicted octanol–water partition coefficient (Wildman–Crippen LogP) is 2.85. The Morgan fingerprint density at radius 3 is 2.31 bits per heavy atom. The number of anilines is 1. The van der Waals surface area contributed by atoms with Crippen LogP contribution in [0.5, 0.6) is 11.5 Å². The number of methoxy groups -OCH3 is 1. The van der Waals surface area contributed by atoms with Crippen LogP contribution < -0.4 is 20.1 Å². The standard InChI is InChI=1S/C20H23N3O5S/c1-21-18(24)12-28-16-10-5-13(11-17(16)27-4)19(25)22-14-6-8-15(9-7-14)29-20(26)23(2)3/h5-11H,12H2,1-4H3,(H,21,24)(H,22,25). The first-order valence-electron chi connectivity index (χ1n) is 8.66. The van der Waals surface area contributed by atoms with E-state index in [1.807, 2.05) is 0 Å². The lowest BCUT2D eigenvalue weighted by Crippen LogP contribution is -2.25. The summed E-state index contributed by atoms with van der Waals surface area (Å²) in [6.07, 6.45) is 0. The molecule has 0 aliphatic heterocycles. The maximum atomic E-state index is 12.5. The minimum Gasteiger partial charge on any atom is -0.493 e. The fourth-order valence-corrected chi connectivity index (χ4v) is 2.80. The minimum absolute atomic E-state index is 0.0763. The summed E-state index contributed by atoms with van der Waals surface area (Å²) in [6, 6.07) is 11.7. The Morgan fingerprint density at radius 1 is 1.03 bits per heavy atom. The van der Waals surface area contributed by atoms with Gasteiger partial charge in [-0.2, -0.15) is 0 Å². The first kappa shape index (κ1) is 22.1. The van der Waals surface area contributed by atoms with Crippen LogP contribution in [0.1, 0.15) is 10.4 Å². The summed E-state index contributed by atoms with van der Waals surface area (Å²) in [4.78, 5) is 37.8. The Bertz CT molecular complexity index is 884. The molecule has 0 radical (unpaired) electrons. The van der Waals surface area contributed by atoms with E-state index in [2.05, 4.69) is 10.6 Å². The number of hydrogen-bond acceptors (Lipinski definition) is 6. The molecule has 0 fully saturated rings. The molecule has 29 heavy (non-hydrogen) atoms. The molecule has 0 saturated heterocycles. The highest BCUT2D eigenvalue weighted by atomic mass is 32.2. The molecule has 0 spiro atoms. The van der Waals surface area contributed by atoms with Crippen molar-refractivity contribution in [1.29, 1.82) is 0 Å². The van der Waals surface area contributed by atoms with E-state index in [0.29, 0.717) is 22.7 Å². The second-order valence-corrected chi connectivity index (χ2v) is 7.09. The lowest BCUT2D eigenvalue weighted by Gasteiger charge is -2.12. The van der Waals surface area contributed by atoms with E-state index in [1.54, 1.807) is 50.5 Å². The molecule has 154 valence electrons. The molecule has 3 amide bonds. The van der Waals surface area contributed by atoms with E-state index in [0.717, 1.165) is 16.7 Å². The average Bonchev–Trinajstić information content (AvgIpc) is 2.72. The Balaban J connectivity index is 2.04. The molecule has 0 saturated carbocycles. The van der Waals surface area contributed by atoms with Crippen LogP contribution in [0.25, 0.3) is 0 Å². The van der Waals surface area contributed by atoms with Gasteiger partial charge >= 0.3 is 0 Å². The summed E-state index contributed by atoms with van der Waals surface area (Å²) in [6.45, 7) is -0.154. The number of nitrogens with zero attached hydrogens (tertiary/aromatic N) is 1. The van der Waals surface area contributed by atoms with E-state index in [-0.39, 0.29) is 23.7 Å². The maximum absolute atomic E-state index is 12.5. The number of thioether (sulfide) groups is 1. The quantitative estimate of drug-likeness (QED) is 0.673. The zero-order valence-corrected chi connectivity index (χ0v) is 17.5. The molecule has 2 aromatic carbocycles. The average molecular weight is 417 g/mol. The molecule has 2 aromatic rings. The molecule has 9 heteroatoms. The van der Waals surface area contributed by atoms with Crippen LogP contribution in [0.2, 0.25) is 0 Å². The van der Waals surface area contributed by atoms with Gasteiger partial charge in [-0.15, -0.1) is 0 Å². The van der Waals surface area contributed by atoms with E-state index >= 15 is 0 Å². The van der Waals surface area contributed by atoms with Crippen LogP contribution in [0, 0.1) is 0 Å². The summed E-state index contributed by atoms with van der Waals surface area (Å²) in [7, 11) is 6.34. The molecule has 2 rings (SSSR count). The fourth-order valence-electron chi connectivity index (χ4n) is 2.15. The van der Waals surface area contributed by atoms with Crippen molar-refractivity contribution >= 4 is 34.5 Å². The molecule has 0 unspecified atom stereocenters. The van der Waals surface area contributed by atoms with Crippen molar-refractivity contribution in [3.63, 3.8) is 0 Å². The van der Waals surface area contributed by atoms with E-state index in [1.165, 1.54) is 25.1 Å². The molecule has 0 heterocycles. The Kier molecular flexibility index (Phi) is 7.90. The summed E-state index contributed by atoms with van der Waals surface area (Å²) >= 11 is 1.11. The van der Waals surface area contributed by atoms with Gasteiger partial charge in [0.1, 0.15) is 0 Å². The molecule has 0 bridgehead atoms. The molecular weight excluding hydrogens is 394 g/mol. The second-order valence-electron chi connectivity index (χ2n) is 6.07. The van der Waals surface area contributed by atoms with Crippen molar-refractivity contribution in [1.82, 2.24) is 10.2 Å². The smallest absolute Gasteiger partial charge is 0.285 e. The third kappa shape index (κ3) is 6.42. The van der Waals surface area contributed by atoms with Crippen LogP contribution in [-0.4, -0.2) is 56.8 Å². The number of amides is 3. The van der Waals surface area contributed by atoms with Gasteiger partial charge in [0.2, 0.25) is 0 Å². The minimum atomic E-state index is -0.328. The Labute approximate surface area is 173 Å². The van der Waals surface area contributed by atoms with Crippen molar-refractivity contribution in [2.45, 2.75) is 4.90 Å². The lowest BCUT2D eigenvalue weighted by molar-refractivity contribution is -0.122. The van der Waals surface area contributed by atoms with Crippen LogP contribution in [0.4, 0.5) is 10.5 Å². The van der Waals surface area contributed by atoms with Gasteiger partial charge in [0, 0.05) is 37.3 Å². The summed E-state index contributed by atoms with van der Waals surface area (Å²) in [5.74, 6) is 0.101. The second kappa shape index (κ2) is 10.4. The van der Waals surface area contributed by atoms with Gasteiger partial charge in [-0.05, 0) is 54.2 Å². The van der Waals surface area contributed by atoms with Gasteiger partial charge in [0.15, 0.2) is 18.1 Å². The predicted molar refractivity (Wildman–Crippen MR) is 112 cm³/mol. The molecule has 0 aliphatic rings. The number of rotatable bonds is 7. The highest BCUT2D eigenvalue weighted by Gasteiger charge is 2.13. The summed E-state index contributed by atoms with van der Waals surface area (Å²) in [5, 5.41) is 5.17. The summed E-state index contributed by atoms with van der Waals surface area (Å²) < 4.78 is 10.6. The highest BCUT2D eigenvalue weighted by molar-refractivity contribution is 8.13. The molecule has 0 aromatic heterocycles. The van der Waals surface area contributed by atoms with Gasteiger partial charge in [-0.1, -0.05) is 0 Å². The van der Waals surface area contributed by atoms with Gasteiger partial charge in [0.05, 0.1) is 7.11 Å². The molecule has 0 aliphatic carbocycles. The number of benzene rings is 2. The highest BCUT2D eigenvalue weighted by Crippen LogP contribution is 2.28. The number of nitrogens with one attached hydrogen (secondary N) is 2. The maximum Gasteiger partial charge on any atom is 0.285 e. The van der Waals surface area contributed by atoms with Crippen LogP contribution in [0.15, 0.2) is 47.4 Å². The number of ether oxygens (including phenoxy) is 2. The van der Waals surface area contributed by atoms with Crippen molar-refractivity contribution < 1.29 is 23.9 Å². The van der Waals surface area contributed by atoms with E-state index < -0.39 is 0 Å².